The molecule has 2 aromatic heterocycles. The van der Waals surface area contributed by atoms with Crippen molar-refractivity contribution in [2.45, 2.75) is 12.5 Å². The molecule has 0 aliphatic rings. The minimum atomic E-state index is -0.724. The van der Waals surface area contributed by atoms with E-state index in [4.69, 9.17) is 5.73 Å². The number of hydrogen-bond donors (Lipinski definition) is 3. The Morgan fingerprint density at radius 1 is 1.38 bits per heavy atom. The Morgan fingerprint density at radius 3 is 2.92 bits per heavy atom. The van der Waals surface area contributed by atoms with Crippen LogP contribution in [0.25, 0.3) is 10.1 Å². The van der Waals surface area contributed by atoms with Crippen LogP contribution in [0.2, 0.25) is 0 Å². The second kappa shape index (κ2) is 8.55. The molecule has 0 saturated heterocycles. The average molecular weight is 384 g/mol. The normalized spacial score (nSPS) is 11.9. The highest BCUT2D eigenvalue weighted by atomic mass is 35.5. The maximum Gasteiger partial charge on any atom is 0.270 e. The topological polar surface area (TPSA) is 88.2 Å². The number of rotatable bonds is 6. The minimum Gasteiger partial charge on any atom is -0.386 e. The van der Waals surface area contributed by atoms with Gasteiger partial charge in [-0.15, -0.1) is 35.1 Å². The van der Waals surface area contributed by atoms with Crippen LogP contribution < -0.4 is 11.1 Å². The molecule has 2 heterocycles. The van der Waals surface area contributed by atoms with Gasteiger partial charge in [-0.3, -0.25) is 4.79 Å². The molecule has 24 heavy (non-hydrogen) atoms. The van der Waals surface area contributed by atoms with Gasteiger partial charge in [-0.2, -0.15) is 0 Å². The van der Waals surface area contributed by atoms with Gasteiger partial charge in [0.2, 0.25) is 0 Å². The summed E-state index contributed by atoms with van der Waals surface area (Å²) in [6.45, 7) is 0.675. The Morgan fingerprint density at radius 2 is 2.17 bits per heavy atom. The monoisotopic (exact) mass is 383 g/mol. The van der Waals surface area contributed by atoms with Gasteiger partial charge in [0.05, 0.1) is 5.01 Å². The van der Waals surface area contributed by atoms with E-state index < -0.39 is 6.10 Å². The zero-order valence-corrected chi connectivity index (χ0v) is 15.2. The lowest BCUT2D eigenvalue weighted by Crippen LogP contribution is -2.28. The molecule has 128 valence electrons. The van der Waals surface area contributed by atoms with Crippen molar-refractivity contribution in [3.63, 3.8) is 0 Å². The summed E-state index contributed by atoms with van der Waals surface area (Å²) in [6, 6.07) is 9.92. The van der Waals surface area contributed by atoms with Gasteiger partial charge in [0, 0.05) is 27.9 Å². The molecule has 0 saturated carbocycles. The molecule has 1 amide bonds. The van der Waals surface area contributed by atoms with Gasteiger partial charge in [0.15, 0.2) is 0 Å². The van der Waals surface area contributed by atoms with Crippen LogP contribution in [-0.4, -0.2) is 29.1 Å². The quantitative estimate of drug-likeness (QED) is 0.610. The summed E-state index contributed by atoms with van der Waals surface area (Å²) < 4.78 is 1.12. The van der Waals surface area contributed by atoms with Crippen molar-refractivity contribution in [2.24, 2.45) is 5.73 Å². The number of aliphatic hydroxyl groups excluding tert-OH is 1. The lowest BCUT2D eigenvalue weighted by molar-refractivity contribution is 0.0913. The molecule has 8 heteroatoms. The maximum atomic E-state index is 12.1. The number of aromatic nitrogens is 1. The van der Waals surface area contributed by atoms with Crippen molar-refractivity contribution in [1.29, 1.82) is 0 Å². The van der Waals surface area contributed by atoms with Gasteiger partial charge < -0.3 is 16.2 Å². The molecule has 0 radical (unpaired) electrons. The van der Waals surface area contributed by atoms with Crippen molar-refractivity contribution in [3.05, 3.63) is 51.3 Å². The molecule has 0 bridgehead atoms. The zero-order valence-electron chi connectivity index (χ0n) is 12.8. The number of thiophene rings is 1. The second-order valence-electron chi connectivity index (χ2n) is 5.08. The first kappa shape index (κ1) is 18.8. The van der Waals surface area contributed by atoms with E-state index in [2.05, 4.69) is 10.3 Å². The third kappa shape index (κ3) is 4.31. The predicted octanol–water partition coefficient (Wildman–Crippen LogP) is 2.74. The SMILES string of the molecule is Cl.NCCc1nc(C(=O)NCC(O)c2cc3ccccc3s2)cs1. The van der Waals surface area contributed by atoms with Crippen molar-refractivity contribution >= 4 is 51.1 Å². The van der Waals surface area contributed by atoms with Gasteiger partial charge in [-0.25, -0.2) is 4.98 Å². The van der Waals surface area contributed by atoms with E-state index in [-0.39, 0.29) is 24.9 Å². The summed E-state index contributed by atoms with van der Waals surface area (Å²) in [5, 5.41) is 16.7. The fraction of sp³-hybridized carbons (Fsp3) is 0.250. The molecule has 1 atom stereocenters. The van der Waals surface area contributed by atoms with Crippen LogP contribution in [0, 0.1) is 0 Å². The highest BCUT2D eigenvalue weighted by Crippen LogP contribution is 2.29. The predicted molar refractivity (Wildman–Crippen MR) is 101 cm³/mol. The highest BCUT2D eigenvalue weighted by molar-refractivity contribution is 7.19. The number of halogens is 1. The number of nitrogens with one attached hydrogen (secondary N) is 1. The summed E-state index contributed by atoms with van der Waals surface area (Å²) in [5.41, 5.74) is 5.85. The third-order valence-corrected chi connectivity index (χ3v) is 5.50. The minimum absolute atomic E-state index is 0. The number of fused-ring (bicyclic) bond motifs is 1. The van der Waals surface area contributed by atoms with Crippen LogP contribution in [0.1, 0.15) is 26.5 Å². The Labute approximate surface area is 153 Å². The number of aliphatic hydroxyl groups is 1. The largest absolute Gasteiger partial charge is 0.386 e. The number of amides is 1. The Bertz CT molecular complexity index is 785. The molecule has 0 aliphatic carbocycles. The summed E-state index contributed by atoms with van der Waals surface area (Å²) >= 11 is 2.96. The lowest BCUT2D eigenvalue weighted by Gasteiger charge is -2.09. The summed E-state index contributed by atoms with van der Waals surface area (Å²) in [6.07, 6.45) is -0.0546. The van der Waals surface area contributed by atoms with Crippen molar-refractivity contribution in [2.75, 3.05) is 13.1 Å². The number of nitrogens with zero attached hydrogens (tertiary/aromatic N) is 1. The fourth-order valence-electron chi connectivity index (χ4n) is 2.20. The van der Waals surface area contributed by atoms with Crippen molar-refractivity contribution < 1.29 is 9.90 Å². The van der Waals surface area contributed by atoms with E-state index in [1.807, 2.05) is 30.3 Å². The first-order valence-electron chi connectivity index (χ1n) is 7.26. The maximum absolute atomic E-state index is 12.1. The molecule has 3 aromatic rings. The standard InChI is InChI=1S/C16H17N3O2S2.ClH/c17-6-5-15-19-11(9-22-15)16(21)18-8-12(20)14-7-10-3-1-2-4-13(10)23-14;/h1-4,7,9,12,20H,5-6,8,17H2,(H,18,21);1H. The van der Waals surface area contributed by atoms with E-state index in [1.165, 1.54) is 22.7 Å². The second-order valence-corrected chi connectivity index (χ2v) is 7.14. The smallest absolute Gasteiger partial charge is 0.270 e. The van der Waals surface area contributed by atoms with Gasteiger partial charge in [0.1, 0.15) is 11.8 Å². The summed E-state index contributed by atoms with van der Waals surface area (Å²) in [5.74, 6) is -0.273. The number of carbonyl (C=O) groups excluding carboxylic acids is 1. The van der Waals surface area contributed by atoms with E-state index in [1.54, 1.807) is 5.38 Å². The lowest BCUT2D eigenvalue weighted by atomic mass is 10.2. The Hall–Kier alpha value is -1.51. The third-order valence-electron chi connectivity index (χ3n) is 3.37. The van der Waals surface area contributed by atoms with Gasteiger partial charge in [0.25, 0.3) is 5.91 Å². The molecular weight excluding hydrogens is 366 g/mol. The van der Waals surface area contributed by atoms with Crippen LogP contribution in [0.3, 0.4) is 0 Å². The average Bonchev–Trinajstić information content (AvgIpc) is 3.19. The number of hydrogen-bond acceptors (Lipinski definition) is 6. The molecule has 1 unspecified atom stereocenters. The van der Waals surface area contributed by atoms with Crippen molar-refractivity contribution in [1.82, 2.24) is 10.3 Å². The molecule has 0 spiro atoms. The van der Waals surface area contributed by atoms with Gasteiger partial charge >= 0.3 is 0 Å². The van der Waals surface area contributed by atoms with E-state index in [0.717, 1.165) is 20.0 Å². The summed E-state index contributed by atoms with van der Waals surface area (Å²) in [7, 11) is 0. The van der Waals surface area contributed by atoms with Gasteiger partial charge in [-0.1, -0.05) is 18.2 Å². The highest BCUT2D eigenvalue weighted by Gasteiger charge is 2.15. The first-order chi connectivity index (χ1) is 11.2. The van der Waals surface area contributed by atoms with Crippen LogP contribution in [0.4, 0.5) is 0 Å². The molecule has 4 N–H and O–H groups in total. The first-order valence-corrected chi connectivity index (χ1v) is 8.96. The summed E-state index contributed by atoms with van der Waals surface area (Å²) in [4.78, 5) is 17.1. The molecule has 0 aliphatic heterocycles. The van der Waals surface area contributed by atoms with E-state index in [9.17, 15) is 9.90 Å². The molecule has 1 aromatic carbocycles. The van der Waals surface area contributed by atoms with E-state index in [0.29, 0.717) is 18.7 Å². The fourth-order valence-corrected chi connectivity index (χ4v) is 4.05. The Balaban J connectivity index is 0.00000208. The number of carbonyl (C=O) groups is 1. The van der Waals surface area contributed by atoms with Crippen LogP contribution in [-0.2, 0) is 6.42 Å². The van der Waals surface area contributed by atoms with Crippen LogP contribution in [0.15, 0.2) is 35.7 Å². The number of thiazole rings is 1. The molecule has 3 rings (SSSR count). The van der Waals surface area contributed by atoms with Gasteiger partial charge in [-0.05, 0) is 24.1 Å². The number of nitrogens with two attached hydrogens (primary N) is 1. The van der Waals surface area contributed by atoms with Crippen molar-refractivity contribution in [3.8, 4) is 0 Å². The van der Waals surface area contributed by atoms with E-state index >= 15 is 0 Å². The Kier molecular flexibility index (Phi) is 6.70. The zero-order chi connectivity index (χ0) is 16.2. The molecule has 5 nitrogen and oxygen atoms in total. The van der Waals surface area contributed by atoms with Crippen LogP contribution >= 0.6 is 35.1 Å². The van der Waals surface area contributed by atoms with Crippen LogP contribution in [0.5, 0.6) is 0 Å². The molecule has 0 fully saturated rings. The molecular formula is C16H18ClN3O2S2. The number of benzene rings is 1.